The van der Waals surface area contributed by atoms with E-state index in [1.165, 1.54) is 0 Å². The molecule has 2 heterocycles. The summed E-state index contributed by atoms with van der Waals surface area (Å²) in [6.45, 7) is 3.71. The molecule has 5 heteroatoms. The molecule has 0 unspecified atom stereocenters. The molecule has 114 valence electrons. The van der Waals surface area contributed by atoms with Gasteiger partial charge in [-0.25, -0.2) is 0 Å². The highest BCUT2D eigenvalue weighted by atomic mass is 16.5. The Morgan fingerprint density at radius 1 is 0.850 bits per heavy atom. The fraction of sp³-hybridized carbons (Fsp3) is 0.867. The van der Waals surface area contributed by atoms with Crippen LogP contribution in [0.15, 0.2) is 0 Å². The molecule has 2 amide bonds. The molecule has 2 fully saturated rings. The van der Waals surface area contributed by atoms with Crippen LogP contribution in [-0.2, 0) is 14.3 Å². The molecule has 0 N–H and O–H groups in total. The summed E-state index contributed by atoms with van der Waals surface area (Å²) in [7, 11) is 0. The number of ether oxygens (including phenoxy) is 1. The molecule has 2 rings (SSSR count). The number of hydrogen-bond donors (Lipinski definition) is 0. The predicted molar refractivity (Wildman–Crippen MR) is 76.0 cm³/mol. The Kier molecular flexibility index (Phi) is 6.30. The van der Waals surface area contributed by atoms with Crippen molar-refractivity contribution in [2.24, 2.45) is 0 Å². The summed E-state index contributed by atoms with van der Waals surface area (Å²) in [4.78, 5) is 26.9. The number of rotatable bonds is 7. The highest BCUT2D eigenvalue weighted by Gasteiger charge is 2.18. The first-order valence-electron chi connectivity index (χ1n) is 7.90. The minimum atomic E-state index is 0.218. The van der Waals surface area contributed by atoms with Crippen LogP contribution >= 0.6 is 0 Å². The summed E-state index contributed by atoms with van der Waals surface area (Å²) in [6, 6.07) is 0. The third-order valence-corrected chi connectivity index (χ3v) is 4.06. The summed E-state index contributed by atoms with van der Waals surface area (Å²) in [5, 5.41) is 0. The average Bonchev–Trinajstić information content (AvgIpc) is 2.46. The van der Waals surface area contributed by atoms with Crippen molar-refractivity contribution >= 4 is 11.8 Å². The lowest BCUT2D eigenvalue weighted by molar-refractivity contribution is -0.139. The summed E-state index contributed by atoms with van der Waals surface area (Å²) in [5.41, 5.74) is 0. The van der Waals surface area contributed by atoms with Crippen molar-refractivity contribution in [3.63, 3.8) is 0 Å². The third kappa shape index (κ3) is 4.78. The van der Waals surface area contributed by atoms with E-state index in [1.54, 1.807) is 4.90 Å². The number of carbonyl (C=O) groups excluding carboxylic acids is 2. The second-order valence-corrected chi connectivity index (χ2v) is 5.70. The Hall–Kier alpha value is -1.10. The maximum atomic E-state index is 11.6. The first kappa shape index (κ1) is 15.3. The Morgan fingerprint density at radius 3 is 2.15 bits per heavy atom. The van der Waals surface area contributed by atoms with Crippen LogP contribution in [0.25, 0.3) is 0 Å². The zero-order valence-corrected chi connectivity index (χ0v) is 12.3. The monoisotopic (exact) mass is 282 g/mol. The molecule has 2 aliphatic heterocycles. The van der Waals surface area contributed by atoms with Crippen molar-refractivity contribution in [1.82, 2.24) is 9.80 Å². The van der Waals surface area contributed by atoms with E-state index in [9.17, 15) is 9.59 Å². The molecule has 0 aromatic heterocycles. The number of likely N-dealkylation sites (tertiary alicyclic amines) is 2. The first-order chi connectivity index (χ1) is 9.77. The third-order valence-electron chi connectivity index (χ3n) is 4.06. The van der Waals surface area contributed by atoms with Gasteiger partial charge in [0.15, 0.2) is 0 Å². The zero-order valence-electron chi connectivity index (χ0n) is 12.3. The van der Waals surface area contributed by atoms with E-state index in [4.69, 9.17) is 4.74 Å². The fourth-order valence-electron chi connectivity index (χ4n) is 2.78. The van der Waals surface area contributed by atoms with Gasteiger partial charge in [-0.15, -0.1) is 0 Å². The smallest absolute Gasteiger partial charge is 0.224 e. The average molecular weight is 282 g/mol. The molecule has 0 radical (unpaired) electrons. The maximum absolute atomic E-state index is 11.6. The quantitative estimate of drug-likeness (QED) is 0.669. The molecule has 2 aliphatic rings. The van der Waals surface area contributed by atoms with Crippen molar-refractivity contribution in [3.05, 3.63) is 0 Å². The molecule has 0 saturated carbocycles. The van der Waals surface area contributed by atoms with Crippen molar-refractivity contribution < 1.29 is 14.3 Å². The molecule has 0 spiro atoms. The largest absolute Gasteiger partial charge is 0.361 e. The number of unbranched alkanes of at least 4 members (excludes halogenated alkanes) is 1. The number of hydrogen-bond acceptors (Lipinski definition) is 3. The Balaban J connectivity index is 1.49. The van der Waals surface area contributed by atoms with E-state index < -0.39 is 0 Å². The van der Waals surface area contributed by atoms with E-state index in [1.807, 2.05) is 4.90 Å². The summed E-state index contributed by atoms with van der Waals surface area (Å²) >= 11 is 0. The molecular weight excluding hydrogens is 256 g/mol. The van der Waals surface area contributed by atoms with Crippen LogP contribution in [0.2, 0.25) is 0 Å². The van der Waals surface area contributed by atoms with Crippen LogP contribution in [0, 0.1) is 0 Å². The standard InChI is InChI=1S/C15H26N2O3/c18-14-7-1-3-9-16(14)10-5-6-12-20-13-17-11-4-2-8-15(17)19/h1-13H2. The molecular formula is C15H26N2O3. The van der Waals surface area contributed by atoms with Gasteiger partial charge in [-0.05, 0) is 38.5 Å². The van der Waals surface area contributed by atoms with E-state index in [-0.39, 0.29) is 5.91 Å². The van der Waals surface area contributed by atoms with E-state index in [0.717, 1.165) is 58.2 Å². The van der Waals surface area contributed by atoms with Crippen LogP contribution in [0.3, 0.4) is 0 Å². The second kappa shape index (κ2) is 8.25. The number of amides is 2. The summed E-state index contributed by atoms with van der Waals surface area (Å²) in [5.74, 6) is 0.520. The van der Waals surface area contributed by atoms with Gasteiger partial charge in [-0.3, -0.25) is 9.59 Å². The lowest BCUT2D eigenvalue weighted by Crippen LogP contribution is -2.37. The van der Waals surface area contributed by atoms with Gasteiger partial charge in [0.1, 0.15) is 6.73 Å². The van der Waals surface area contributed by atoms with Crippen LogP contribution in [0.4, 0.5) is 0 Å². The summed E-state index contributed by atoms with van der Waals surface area (Å²) in [6.07, 6.45) is 7.60. The predicted octanol–water partition coefficient (Wildman–Crippen LogP) is 1.77. The lowest BCUT2D eigenvalue weighted by atomic mass is 10.1. The van der Waals surface area contributed by atoms with Gasteiger partial charge in [0, 0.05) is 39.1 Å². The van der Waals surface area contributed by atoms with Crippen molar-refractivity contribution in [2.45, 2.75) is 51.4 Å². The lowest BCUT2D eigenvalue weighted by Gasteiger charge is -2.27. The Morgan fingerprint density at radius 2 is 1.50 bits per heavy atom. The molecule has 0 atom stereocenters. The second-order valence-electron chi connectivity index (χ2n) is 5.70. The normalized spacial score (nSPS) is 20.6. The van der Waals surface area contributed by atoms with Crippen LogP contribution in [-0.4, -0.2) is 54.6 Å². The van der Waals surface area contributed by atoms with Crippen molar-refractivity contribution in [2.75, 3.05) is 33.0 Å². The van der Waals surface area contributed by atoms with Gasteiger partial charge < -0.3 is 14.5 Å². The van der Waals surface area contributed by atoms with Crippen molar-refractivity contribution in [3.8, 4) is 0 Å². The molecule has 0 aromatic rings. The number of piperidine rings is 2. The zero-order chi connectivity index (χ0) is 14.2. The highest BCUT2D eigenvalue weighted by Crippen LogP contribution is 2.12. The SMILES string of the molecule is O=C1CCCCN1CCCCOCN1CCCCC1=O. The van der Waals surface area contributed by atoms with Gasteiger partial charge in [-0.2, -0.15) is 0 Å². The molecule has 0 bridgehead atoms. The highest BCUT2D eigenvalue weighted by molar-refractivity contribution is 5.77. The molecule has 5 nitrogen and oxygen atoms in total. The molecule has 0 aromatic carbocycles. The van der Waals surface area contributed by atoms with Crippen LogP contribution in [0.1, 0.15) is 51.4 Å². The Bertz CT molecular complexity index is 301. The van der Waals surface area contributed by atoms with Gasteiger partial charge in [0.05, 0.1) is 0 Å². The van der Waals surface area contributed by atoms with E-state index in [0.29, 0.717) is 32.1 Å². The summed E-state index contributed by atoms with van der Waals surface area (Å²) < 4.78 is 5.56. The van der Waals surface area contributed by atoms with E-state index >= 15 is 0 Å². The number of nitrogens with zero attached hydrogens (tertiary/aromatic N) is 2. The van der Waals surface area contributed by atoms with Gasteiger partial charge in [0.2, 0.25) is 11.8 Å². The van der Waals surface area contributed by atoms with Crippen LogP contribution < -0.4 is 0 Å². The molecule has 0 aliphatic carbocycles. The van der Waals surface area contributed by atoms with Gasteiger partial charge in [0.25, 0.3) is 0 Å². The Labute approximate surface area is 121 Å². The van der Waals surface area contributed by atoms with Gasteiger partial charge >= 0.3 is 0 Å². The van der Waals surface area contributed by atoms with E-state index in [2.05, 4.69) is 0 Å². The molecule has 2 saturated heterocycles. The minimum Gasteiger partial charge on any atom is -0.361 e. The fourth-order valence-corrected chi connectivity index (χ4v) is 2.78. The van der Waals surface area contributed by atoms with Crippen molar-refractivity contribution in [1.29, 1.82) is 0 Å². The molecule has 20 heavy (non-hydrogen) atoms. The van der Waals surface area contributed by atoms with Gasteiger partial charge in [-0.1, -0.05) is 0 Å². The first-order valence-corrected chi connectivity index (χ1v) is 7.90. The number of carbonyl (C=O) groups is 2. The minimum absolute atomic E-state index is 0.218. The maximum Gasteiger partial charge on any atom is 0.224 e. The van der Waals surface area contributed by atoms with Crippen LogP contribution in [0.5, 0.6) is 0 Å². The topological polar surface area (TPSA) is 49.9 Å².